The van der Waals surface area contributed by atoms with Gasteiger partial charge in [0.05, 0.1) is 0 Å². The minimum absolute atomic E-state index is 0.0441. The van der Waals surface area contributed by atoms with Crippen LogP contribution in [0.2, 0.25) is 0 Å². The second-order valence-electron chi connectivity index (χ2n) is 3.34. The summed E-state index contributed by atoms with van der Waals surface area (Å²) in [7, 11) is 0. The number of Topliss-reactive ketones (excluding diaryl/α,β-unsaturated/α-hetero) is 1. The predicted molar refractivity (Wildman–Crippen MR) is 51.3 cm³/mol. The van der Waals surface area contributed by atoms with Crippen LogP contribution in [0, 0.1) is 0 Å². The molecule has 0 saturated carbocycles. The molecule has 0 amide bonds. The summed E-state index contributed by atoms with van der Waals surface area (Å²) in [4.78, 5) is 32.5. The molecule has 0 fully saturated rings. The van der Waals surface area contributed by atoms with Crippen molar-refractivity contribution >= 4 is 17.7 Å². The third-order valence-electron chi connectivity index (χ3n) is 2.09. The summed E-state index contributed by atoms with van der Waals surface area (Å²) in [5.41, 5.74) is 3.35. The minimum atomic E-state index is -2.06. The molecule has 0 aliphatic carbocycles. The highest BCUT2D eigenvalue weighted by atomic mass is 16.4. The van der Waals surface area contributed by atoms with Crippen LogP contribution >= 0.6 is 0 Å². The fourth-order valence-electron chi connectivity index (χ4n) is 1.12. The van der Waals surface area contributed by atoms with Gasteiger partial charge in [0.15, 0.2) is 11.3 Å². The lowest BCUT2D eigenvalue weighted by atomic mass is 9.87. The van der Waals surface area contributed by atoms with E-state index in [-0.39, 0.29) is 12.8 Å². The molecule has 6 nitrogen and oxygen atoms in total. The van der Waals surface area contributed by atoms with Crippen LogP contribution in [0.15, 0.2) is 0 Å². The van der Waals surface area contributed by atoms with Crippen molar-refractivity contribution in [3.8, 4) is 0 Å². The molecular formula is C9H15NO5. The van der Waals surface area contributed by atoms with Crippen LogP contribution in [0.1, 0.15) is 32.6 Å². The average Bonchev–Trinajstić information content (AvgIpc) is 2.14. The van der Waals surface area contributed by atoms with Gasteiger partial charge in [0.25, 0.3) is 0 Å². The first-order valence-electron chi connectivity index (χ1n) is 4.62. The zero-order valence-corrected chi connectivity index (χ0v) is 8.52. The van der Waals surface area contributed by atoms with Crippen LogP contribution in [0.3, 0.4) is 0 Å². The molecule has 0 heterocycles. The molecule has 1 unspecified atom stereocenters. The highest BCUT2D eigenvalue weighted by molar-refractivity contribution is 6.07. The van der Waals surface area contributed by atoms with E-state index in [2.05, 4.69) is 0 Å². The Labute approximate surface area is 87.1 Å². The summed E-state index contributed by atoms with van der Waals surface area (Å²) in [5.74, 6) is -3.27. The molecule has 0 rings (SSSR count). The molecule has 0 aliphatic heterocycles. The third kappa shape index (κ3) is 3.67. The normalized spacial score (nSPS) is 14.3. The minimum Gasteiger partial charge on any atom is -0.481 e. The summed E-state index contributed by atoms with van der Waals surface area (Å²) in [6, 6.07) is 0. The van der Waals surface area contributed by atoms with Gasteiger partial charge in [-0.1, -0.05) is 6.92 Å². The Kier molecular flexibility index (Phi) is 4.93. The molecule has 15 heavy (non-hydrogen) atoms. The number of carbonyl (C=O) groups is 3. The Hall–Kier alpha value is -1.43. The Morgan fingerprint density at radius 3 is 2.07 bits per heavy atom. The maximum Gasteiger partial charge on any atom is 0.331 e. The predicted octanol–water partition coefficient (Wildman–Crippen LogP) is 0.00250. The van der Waals surface area contributed by atoms with E-state index in [4.69, 9.17) is 15.9 Å². The molecule has 6 heteroatoms. The maximum absolute atomic E-state index is 11.4. The average molecular weight is 217 g/mol. The van der Waals surface area contributed by atoms with Gasteiger partial charge < -0.3 is 15.9 Å². The number of hydrogen-bond donors (Lipinski definition) is 3. The van der Waals surface area contributed by atoms with E-state index >= 15 is 0 Å². The van der Waals surface area contributed by atoms with E-state index in [1.54, 1.807) is 6.92 Å². The first kappa shape index (κ1) is 13.6. The van der Waals surface area contributed by atoms with Crippen LogP contribution in [0.25, 0.3) is 0 Å². The Balaban J connectivity index is 4.66. The van der Waals surface area contributed by atoms with Gasteiger partial charge in [0.1, 0.15) is 0 Å². The summed E-state index contributed by atoms with van der Waals surface area (Å²) >= 11 is 0. The molecule has 0 radical (unpaired) electrons. The highest BCUT2D eigenvalue weighted by Gasteiger charge is 2.41. The van der Waals surface area contributed by atoms with E-state index in [1.807, 2.05) is 0 Å². The van der Waals surface area contributed by atoms with E-state index < -0.39 is 29.7 Å². The van der Waals surface area contributed by atoms with Crippen LogP contribution in [0.4, 0.5) is 0 Å². The van der Waals surface area contributed by atoms with Crippen molar-refractivity contribution in [3.05, 3.63) is 0 Å². The number of ketones is 1. The highest BCUT2D eigenvalue weighted by Crippen LogP contribution is 2.14. The van der Waals surface area contributed by atoms with Crippen LogP contribution in [-0.2, 0) is 14.4 Å². The smallest absolute Gasteiger partial charge is 0.331 e. The van der Waals surface area contributed by atoms with Gasteiger partial charge in [-0.05, 0) is 12.8 Å². The van der Waals surface area contributed by atoms with Gasteiger partial charge in [0.2, 0.25) is 0 Å². The summed E-state index contributed by atoms with van der Waals surface area (Å²) < 4.78 is 0. The monoisotopic (exact) mass is 217 g/mol. The SMILES string of the molecule is CCCC(=O)C(N)(CCC(=O)O)C(=O)O. The number of carboxylic acid groups (broad SMARTS) is 2. The lowest BCUT2D eigenvalue weighted by Crippen LogP contribution is -2.55. The largest absolute Gasteiger partial charge is 0.481 e. The van der Waals surface area contributed by atoms with Gasteiger partial charge >= 0.3 is 11.9 Å². The molecule has 0 aromatic rings. The zero-order valence-electron chi connectivity index (χ0n) is 8.52. The topological polar surface area (TPSA) is 118 Å². The van der Waals surface area contributed by atoms with E-state index in [9.17, 15) is 14.4 Å². The fourth-order valence-corrected chi connectivity index (χ4v) is 1.12. The van der Waals surface area contributed by atoms with Gasteiger partial charge in [-0.15, -0.1) is 0 Å². The summed E-state index contributed by atoms with van der Waals surface area (Å²) in [6.45, 7) is 1.72. The number of carboxylic acids is 2. The molecule has 0 aliphatic rings. The molecule has 0 aromatic heterocycles. The number of aliphatic carboxylic acids is 2. The number of hydrogen-bond acceptors (Lipinski definition) is 4. The van der Waals surface area contributed by atoms with E-state index in [0.717, 1.165) is 0 Å². The molecule has 4 N–H and O–H groups in total. The summed E-state index contributed by atoms with van der Waals surface area (Å²) in [6.07, 6.45) is -0.282. The molecule has 0 bridgehead atoms. The van der Waals surface area contributed by atoms with Gasteiger partial charge in [0, 0.05) is 12.8 Å². The number of rotatable bonds is 7. The lowest BCUT2D eigenvalue weighted by Gasteiger charge is -2.21. The second kappa shape index (κ2) is 5.45. The molecule has 0 saturated heterocycles. The first-order chi connectivity index (χ1) is 6.84. The molecular weight excluding hydrogens is 202 g/mol. The third-order valence-corrected chi connectivity index (χ3v) is 2.09. The van der Waals surface area contributed by atoms with E-state index in [0.29, 0.717) is 6.42 Å². The van der Waals surface area contributed by atoms with Crippen molar-refractivity contribution in [3.63, 3.8) is 0 Å². The van der Waals surface area contributed by atoms with Crippen LogP contribution < -0.4 is 5.73 Å². The van der Waals surface area contributed by atoms with Gasteiger partial charge in [-0.2, -0.15) is 0 Å². The second-order valence-corrected chi connectivity index (χ2v) is 3.34. The summed E-state index contributed by atoms with van der Waals surface area (Å²) in [5, 5.41) is 17.2. The van der Waals surface area contributed by atoms with Gasteiger partial charge in [-0.25, -0.2) is 4.79 Å². The molecule has 86 valence electrons. The zero-order chi connectivity index (χ0) is 12.1. The molecule has 0 spiro atoms. The number of carbonyl (C=O) groups excluding carboxylic acids is 1. The van der Waals surface area contributed by atoms with Crippen molar-refractivity contribution in [2.45, 2.75) is 38.1 Å². The molecule has 1 atom stereocenters. The van der Waals surface area contributed by atoms with Crippen molar-refractivity contribution in [2.75, 3.05) is 0 Å². The Bertz CT molecular complexity index is 276. The van der Waals surface area contributed by atoms with Crippen molar-refractivity contribution < 1.29 is 24.6 Å². The van der Waals surface area contributed by atoms with Crippen LogP contribution in [0.5, 0.6) is 0 Å². The van der Waals surface area contributed by atoms with Crippen molar-refractivity contribution in [1.82, 2.24) is 0 Å². The van der Waals surface area contributed by atoms with Crippen molar-refractivity contribution in [2.24, 2.45) is 5.73 Å². The standard InChI is InChI=1S/C9H15NO5/c1-2-3-6(11)9(10,8(14)15)5-4-7(12)13/h2-5,10H2,1H3,(H,12,13)(H,14,15). The van der Waals surface area contributed by atoms with Crippen LogP contribution in [-0.4, -0.2) is 33.5 Å². The quantitative estimate of drug-likeness (QED) is 0.517. The fraction of sp³-hybridized carbons (Fsp3) is 0.667. The molecule has 0 aromatic carbocycles. The number of nitrogens with two attached hydrogens (primary N) is 1. The Morgan fingerprint density at radius 2 is 1.73 bits per heavy atom. The van der Waals surface area contributed by atoms with Gasteiger partial charge in [-0.3, -0.25) is 9.59 Å². The maximum atomic E-state index is 11.4. The Morgan fingerprint density at radius 1 is 1.20 bits per heavy atom. The first-order valence-corrected chi connectivity index (χ1v) is 4.62. The van der Waals surface area contributed by atoms with Crippen molar-refractivity contribution in [1.29, 1.82) is 0 Å². The van der Waals surface area contributed by atoms with E-state index in [1.165, 1.54) is 0 Å². The lowest BCUT2D eigenvalue weighted by molar-refractivity contribution is -0.149.